The number of hydrogen-bond donors (Lipinski definition) is 1. The third kappa shape index (κ3) is 3.86. The van der Waals surface area contributed by atoms with Gasteiger partial charge in [-0.05, 0) is 36.7 Å². The lowest BCUT2D eigenvalue weighted by atomic mass is 9.98. The fourth-order valence-corrected chi connectivity index (χ4v) is 2.89. The van der Waals surface area contributed by atoms with Crippen LogP contribution in [0.5, 0.6) is 0 Å². The van der Waals surface area contributed by atoms with Gasteiger partial charge >= 0.3 is 0 Å². The zero-order valence-electron chi connectivity index (χ0n) is 11.5. The van der Waals surface area contributed by atoms with Crippen LogP contribution in [0.1, 0.15) is 24.1 Å². The topological polar surface area (TPSA) is 12.0 Å². The highest BCUT2D eigenvalue weighted by Gasteiger charge is 2.20. The molecule has 5 heteroatoms. The molecule has 0 radical (unpaired) electrons. The molecule has 0 saturated carbocycles. The summed E-state index contributed by atoms with van der Waals surface area (Å²) in [5.74, 6) is -1.61. The third-order valence-electron chi connectivity index (χ3n) is 3.24. The van der Waals surface area contributed by atoms with E-state index in [1.807, 2.05) is 6.92 Å². The monoisotopic (exact) mass is 357 g/mol. The maximum absolute atomic E-state index is 14.1. The van der Waals surface area contributed by atoms with Gasteiger partial charge in [0.05, 0.1) is 0 Å². The fraction of sp³-hybridized carbons (Fsp3) is 0.250. The van der Waals surface area contributed by atoms with Gasteiger partial charge in [-0.1, -0.05) is 35.0 Å². The summed E-state index contributed by atoms with van der Waals surface area (Å²) in [4.78, 5) is 0. The Morgan fingerprint density at radius 1 is 1.10 bits per heavy atom. The van der Waals surface area contributed by atoms with Gasteiger partial charge in [-0.15, -0.1) is 0 Å². The highest BCUT2D eigenvalue weighted by Crippen LogP contribution is 2.29. The summed E-state index contributed by atoms with van der Waals surface area (Å²) < 4.78 is 41.4. The lowest BCUT2D eigenvalue weighted by molar-refractivity contribution is 0.493. The van der Waals surface area contributed by atoms with Crippen LogP contribution in [0.15, 0.2) is 40.9 Å². The molecule has 2 rings (SSSR count). The van der Waals surface area contributed by atoms with E-state index in [1.54, 1.807) is 12.1 Å². The van der Waals surface area contributed by atoms with Crippen molar-refractivity contribution in [2.24, 2.45) is 0 Å². The first-order valence-corrected chi connectivity index (χ1v) is 7.43. The van der Waals surface area contributed by atoms with Crippen LogP contribution in [-0.4, -0.2) is 6.54 Å². The Labute approximate surface area is 130 Å². The van der Waals surface area contributed by atoms with E-state index in [2.05, 4.69) is 21.2 Å². The number of benzene rings is 2. The van der Waals surface area contributed by atoms with Crippen molar-refractivity contribution in [3.63, 3.8) is 0 Å². The molecule has 0 fully saturated rings. The average Bonchev–Trinajstić information content (AvgIpc) is 2.41. The molecule has 1 N–H and O–H groups in total. The molecule has 0 aliphatic rings. The van der Waals surface area contributed by atoms with Gasteiger partial charge in [-0.25, -0.2) is 13.2 Å². The molecule has 1 unspecified atom stereocenters. The molecule has 0 saturated heterocycles. The van der Waals surface area contributed by atoms with Crippen molar-refractivity contribution in [3.05, 3.63) is 69.4 Å². The highest BCUT2D eigenvalue weighted by molar-refractivity contribution is 9.10. The number of likely N-dealkylation sites (N-methyl/N-ethyl adjacent to an activating group) is 1. The Morgan fingerprint density at radius 2 is 1.86 bits per heavy atom. The summed E-state index contributed by atoms with van der Waals surface area (Å²) in [6.45, 7) is 2.50. The van der Waals surface area contributed by atoms with Crippen LogP contribution < -0.4 is 5.32 Å². The Bertz CT molecular complexity index is 611. The van der Waals surface area contributed by atoms with E-state index in [-0.39, 0.29) is 12.2 Å². The first kappa shape index (κ1) is 16.0. The molecular formula is C16H15BrF3N. The Kier molecular flexibility index (Phi) is 5.42. The molecule has 0 aromatic heterocycles. The van der Waals surface area contributed by atoms with Gasteiger partial charge < -0.3 is 5.32 Å². The molecular weight excluding hydrogens is 343 g/mol. The summed E-state index contributed by atoms with van der Waals surface area (Å²) in [6.07, 6.45) is 0.236. The quantitative estimate of drug-likeness (QED) is 0.813. The van der Waals surface area contributed by atoms with Crippen molar-refractivity contribution in [2.75, 3.05) is 6.54 Å². The van der Waals surface area contributed by atoms with E-state index in [0.717, 1.165) is 6.07 Å². The molecule has 0 aliphatic heterocycles. The van der Waals surface area contributed by atoms with Gasteiger partial charge in [0.15, 0.2) is 0 Å². The first-order chi connectivity index (χ1) is 10.0. The van der Waals surface area contributed by atoms with E-state index >= 15 is 0 Å². The minimum absolute atomic E-state index is 0.236. The first-order valence-electron chi connectivity index (χ1n) is 6.64. The predicted octanol–water partition coefficient (Wildman–Crippen LogP) is 4.76. The van der Waals surface area contributed by atoms with Gasteiger partial charge in [-0.2, -0.15) is 0 Å². The lowest BCUT2D eigenvalue weighted by Gasteiger charge is -2.21. The maximum Gasteiger partial charge on any atom is 0.129 e. The van der Waals surface area contributed by atoms with Crippen LogP contribution in [0.3, 0.4) is 0 Å². The third-order valence-corrected chi connectivity index (χ3v) is 3.93. The number of hydrogen-bond acceptors (Lipinski definition) is 1. The second-order valence-corrected chi connectivity index (χ2v) is 5.54. The number of nitrogens with one attached hydrogen (secondary N) is 1. The zero-order chi connectivity index (χ0) is 15.4. The predicted molar refractivity (Wildman–Crippen MR) is 80.6 cm³/mol. The molecule has 1 atom stereocenters. The molecule has 0 aliphatic carbocycles. The maximum atomic E-state index is 14.1. The van der Waals surface area contributed by atoms with Crippen LogP contribution >= 0.6 is 15.9 Å². The molecule has 112 valence electrons. The van der Waals surface area contributed by atoms with E-state index in [0.29, 0.717) is 22.1 Å². The van der Waals surface area contributed by atoms with Crippen molar-refractivity contribution < 1.29 is 13.2 Å². The van der Waals surface area contributed by atoms with Crippen molar-refractivity contribution in [1.82, 2.24) is 5.32 Å². The van der Waals surface area contributed by atoms with Crippen molar-refractivity contribution in [1.29, 1.82) is 0 Å². The number of rotatable bonds is 5. The van der Waals surface area contributed by atoms with Crippen LogP contribution in [0, 0.1) is 17.5 Å². The normalized spacial score (nSPS) is 12.4. The van der Waals surface area contributed by atoms with Crippen LogP contribution in [0.25, 0.3) is 0 Å². The van der Waals surface area contributed by atoms with Gasteiger partial charge in [0, 0.05) is 22.1 Å². The van der Waals surface area contributed by atoms with Gasteiger partial charge in [0.1, 0.15) is 17.5 Å². The van der Waals surface area contributed by atoms with E-state index < -0.39 is 17.7 Å². The van der Waals surface area contributed by atoms with Gasteiger partial charge in [0.25, 0.3) is 0 Å². The SMILES string of the molecule is CCNC(Cc1ccc(F)cc1F)c1c(F)cccc1Br. The van der Waals surface area contributed by atoms with Gasteiger partial charge in [0.2, 0.25) is 0 Å². The van der Waals surface area contributed by atoms with E-state index in [1.165, 1.54) is 18.2 Å². The molecule has 2 aromatic rings. The van der Waals surface area contributed by atoms with E-state index in [4.69, 9.17) is 0 Å². The van der Waals surface area contributed by atoms with Crippen molar-refractivity contribution in [3.8, 4) is 0 Å². The lowest BCUT2D eigenvalue weighted by Crippen LogP contribution is -2.24. The molecule has 1 nitrogen and oxygen atoms in total. The molecule has 0 heterocycles. The minimum atomic E-state index is -0.622. The Morgan fingerprint density at radius 3 is 2.48 bits per heavy atom. The smallest absolute Gasteiger partial charge is 0.129 e. The van der Waals surface area contributed by atoms with Crippen molar-refractivity contribution >= 4 is 15.9 Å². The second kappa shape index (κ2) is 7.09. The van der Waals surface area contributed by atoms with Crippen LogP contribution in [0.2, 0.25) is 0 Å². The highest BCUT2D eigenvalue weighted by atomic mass is 79.9. The Balaban J connectivity index is 2.35. The van der Waals surface area contributed by atoms with Crippen LogP contribution in [-0.2, 0) is 6.42 Å². The molecule has 21 heavy (non-hydrogen) atoms. The molecule has 0 spiro atoms. The molecule has 2 aromatic carbocycles. The Hall–Kier alpha value is -1.33. The van der Waals surface area contributed by atoms with Crippen LogP contribution in [0.4, 0.5) is 13.2 Å². The summed E-state index contributed by atoms with van der Waals surface area (Å²) in [5.41, 5.74) is 0.792. The largest absolute Gasteiger partial charge is 0.310 e. The van der Waals surface area contributed by atoms with Gasteiger partial charge in [-0.3, -0.25) is 0 Å². The van der Waals surface area contributed by atoms with Crippen molar-refractivity contribution in [2.45, 2.75) is 19.4 Å². The summed E-state index contributed by atoms with van der Waals surface area (Å²) in [7, 11) is 0. The summed E-state index contributed by atoms with van der Waals surface area (Å²) >= 11 is 3.33. The number of halogens is 4. The van der Waals surface area contributed by atoms with E-state index in [9.17, 15) is 13.2 Å². The summed E-state index contributed by atoms with van der Waals surface area (Å²) in [5, 5.41) is 3.14. The fourth-order valence-electron chi connectivity index (χ4n) is 2.27. The zero-order valence-corrected chi connectivity index (χ0v) is 13.1. The summed E-state index contributed by atoms with van der Waals surface area (Å²) in [6, 6.07) is 7.75. The molecule has 0 amide bonds. The molecule has 0 bridgehead atoms. The minimum Gasteiger partial charge on any atom is -0.310 e. The standard InChI is InChI=1S/C16H15BrF3N/c1-2-21-15(16-12(17)4-3-5-13(16)19)8-10-6-7-11(18)9-14(10)20/h3-7,9,15,21H,2,8H2,1H3. The second-order valence-electron chi connectivity index (χ2n) is 4.69. The average molecular weight is 358 g/mol.